The fraction of sp³-hybridized carbons (Fsp3) is 0.222. The summed E-state index contributed by atoms with van der Waals surface area (Å²) < 4.78 is 5.10. The van der Waals surface area contributed by atoms with Gasteiger partial charge in [0.25, 0.3) is 0 Å². The first-order chi connectivity index (χ1) is 10.8. The molecule has 22 heavy (non-hydrogen) atoms. The molecule has 0 aliphatic heterocycles. The molecule has 0 saturated carbocycles. The molecule has 1 N–H and O–H groups in total. The number of aldehydes is 1. The predicted molar refractivity (Wildman–Crippen MR) is 84.4 cm³/mol. The zero-order valence-electron chi connectivity index (χ0n) is 12.3. The van der Waals surface area contributed by atoms with Crippen molar-refractivity contribution in [1.82, 2.24) is 5.32 Å². The van der Waals surface area contributed by atoms with Crippen LogP contribution in [-0.2, 0) is 22.6 Å². The highest BCUT2D eigenvalue weighted by Crippen LogP contribution is 2.05. The van der Waals surface area contributed by atoms with Gasteiger partial charge in [-0.2, -0.15) is 0 Å². The summed E-state index contributed by atoms with van der Waals surface area (Å²) in [6.45, 7) is 0.191. The van der Waals surface area contributed by atoms with Crippen LogP contribution in [0.3, 0.4) is 0 Å². The lowest BCUT2D eigenvalue weighted by Crippen LogP contribution is -2.36. The lowest BCUT2D eigenvalue weighted by atomic mass is 10.1. The van der Waals surface area contributed by atoms with E-state index in [9.17, 15) is 9.59 Å². The molecule has 0 heterocycles. The van der Waals surface area contributed by atoms with E-state index in [1.165, 1.54) is 0 Å². The molecule has 4 nitrogen and oxygen atoms in total. The van der Waals surface area contributed by atoms with Gasteiger partial charge in [0.05, 0.1) is 6.04 Å². The summed E-state index contributed by atoms with van der Waals surface area (Å²) in [6, 6.07) is 18.7. The van der Waals surface area contributed by atoms with E-state index in [0.717, 1.165) is 23.8 Å². The topological polar surface area (TPSA) is 55.4 Å². The minimum absolute atomic E-state index is 0.191. The molecule has 0 aliphatic carbocycles. The standard InChI is InChI=1S/C18H19NO3/c20-13-17(12-11-15-7-3-1-4-8-15)19-18(21)22-14-16-9-5-2-6-10-16/h1-10,13,17H,11-12,14H2,(H,19,21)/t17-/m0/s1. The van der Waals surface area contributed by atoms with Crippen LogP contribution in [0.5, 0.6) is 0 Å². The third-order valence-electron chi connectivity index (χ3n) is 3.27. The molecule has 0 unspecified atom stereocenters. The third kappa shape index (κ3) is 5.40. The first kappa shape index (κ1) is 15.8. The van der Waals surface area contributed by atoms with Crippen molar-refractivity contribution in [2.75, 3.05) is 0 Å². The Bertz CT molecular complexity index is 584. The number of ether oxygens (including phenoxy) is 1. The summed E-state index contributed by atoms with van der Waals surface area (Å²) in [5.41, 5.74) is 2.04. The quantitative estimate of drug-likeness (QED) is 0.799. The van der Waals surface area contributed by atoms with Gasteiger partial charge in [0, 0.05) is 0 Å². The molecule has 0 radical (unpaired) electrons. The lowest BCUT2D eigenvalue weighted by Gasteiger charge is -2.13. The Kier molecular flexibility index (Phi) is 6.18. The molecule has 0 fully saturated rings. The Morgan fingerprint density at radius 2 is 1.59 bits per heavy atom. The van der Waals surface area contributed by atoms with Crippen LogP contribution >= 0.6 is 0 Å². The summed E-state index contributed by atoms with van der Waals surface area (Å²) in [7, 11) is 0. The van der Waals surface area contributed by atoms with Gasteiger partial charge in [-0.15, -0.1) is 0 Å². The second-order valence-electron chi connectivity index (χ2n) is 4.97. The average molecular weight is 297 g/mol. The highest BCUT2D eigenvalue weighted by atomic mass is 16.5. The van der Waals surface area contributed by atoms with E-state index in [1.807, 2.05) is 60.7 Å². The van der Waals surface area contributed by atoms with Crippen LogP contribution in [0.15, 0.2) is 60.7 Å². The molecule has 0 aliphatic rings. The summed E-state index contributed by atoms with van der Waals surface area (Å²) >= 11 is 0. The number of hydrogen-bond donors (Lipinski definition) is 1. The number of benzene rings is 2. The van der Waals surface area contributed by atoms with E-state index in [2.05, 4.69) is 5.32 Å². The zero-order valence-corrected chi connectivity index (χ0v) is 12.3. The van der Waals surface area contributed by atoms with Crippen LogP contribution in [-0.4, -0.2) is 18.4 Å². The van der Waals surface area contributed by atoms with Crippen LogP contribution in [0.25, 0.3) is 0 Å². The molecule has 1 atom stereocenters. The molecule has 2 aromatic rings. The minimum Gasteiger partial charge on any atom is -0.445 e. The highest BCUT2D eigenvalue weighted by Gasteiger charge is 2.12. The molecule has 2 aromatic carbocycles. The number of hydrogen-bond acceptors (Lipinski definition) is 3. The van der Waals surface area contributed by atoms with Gasteiger partial charge < -0.3 is 14.8 Å². The van der Waals surface area contributed by atoms with Gasteiger partial charge in [0.1, 0.15) is 12.9 Å². The maximum atomic E-state index is 11.7. The lowest BCUT2D eigenvalue weighted by molar-refractivity contribution is -0.109. The maximum absolute atomic E-state index is 11.7. The second kappa shape index (κ2) is 8.62. The fourth-order valence-electron chi connectivity index (χ4n) is 2.06. The van der Waals surface area contributed by atoms with Crippen molar-refractivity contribution in [3.05, 3.63) is 71.8 Å². The number of amides is 1. The number of aryl methyl sites for hydroxylation is 1. The molecular formula is C18H19NO3. The number of alkyl carbamates (subject to hydrolysis) is 1. The second-order valence-corrected chi connectivity index (χ2v) is 4.97. The minimum atomic E-state index is -0.575. The van der Waals surface area contributed by atoms with Crippen molar-refractivity contribution in [2.45, 2.75) is 25.5 Å². The summed E-state index contributed by atoms with van der Waals surface area (Å²) in [5, 5.41) is 2.58. The monoisotopic (exact) mass is 297 g/mol. The van der Waals surface area contributed by atoms with E-state index >= 15 is 0 Å². The van der Waals surface area contributed by atoms with Crippen LogP contribution in [0, 0.1) is 0 Å². The number of carbonyl (C=O) groups is 2. The van der Waals surface area contributed by atoms with Gasteiger partial charge in [-0.05, 0) is 24.0 Å². The van der Waals surface area contributed by atoms with Gasteiger partial charge in [0.2, 0.25) is 0 Å². The molecular weight excluding hydrogens is 278 g/mol. The molecule has 114 valence electrons. The molecule has 2 rings (SSSR count). The SMILES string of the molecule is O=C[C@H](CCc1ccccc1)NC(=O)OCc1ccccc1. The Balaban J connectivity index is 1.74. The summed E-state index contributed by atoms with van der Waals surface area (Å²) in [5.74, 6) is 0. The van der Waals surface area contributed by atoms with E-state index in [4.69, 9.17) is 4.74 Å². The van der Waals surface area contributed by atoms with E-state index < -0.39 is 12.1 Å². The molecule has 0 aromatic heterocycles. The van der Waals surface area contributed by atoms with Crippen LogP contribution in [0.1, 0.15) is 17.5 Å². The van der Waals surface area contributed by atoms with Gasteiger partial charge in [-0.3, -0.25) is 0 Å². The van der Waals surface area contributed by atoms with Crippen molar-refractivity contribution in [1.29, 1.82) is 0 Å². The van der Waals surface area contributed by atoms with Crippen LogP contribution in [0.4, 0.5) is 4.79 Å². The van der Waals surface area contributed by atoms with E-state index in [-0.39, 0.29) is 6.61 Å². The molecule has 0 saturated heterocycles. The normalized spacial score (nSPS) is 11.5. The fourth-order valence-corrected chi connectivity index (χ4v) is 2.06. The maximum Gasteiger partial charge on any atom is 0.408 e. The van der Waals surface area contributed by atoms with E-state index in [1.54, 1.807) is 0 Å². The van der Waals surface area contributed by atoms with Gasteiger partial charge in [-0.25, -0.2) is 4.79 Å². The molecule has 0 spiro atoms. The summed E-state index contributed by atoms with van der Waals surface area (Å²) in [4.78, 5) is 22.8. The van der Waals surface area contributed by atoms with Gasteiger partial charge in [0.15, 0.2) is 0 Å². The zero-order chi connectivity index (χ0) is 15.6. The van der Waals surface area contributed by atoms with Gasteiger partial charge >= 0.3 is 6.09 Å². The molecule has 1 amide bonds. The Morgan fingerprint density at radius 3 is 2.18 bits per heavy atom. The van der Waals surface area contributed by atoms with Crippen molar-refractivity contribution < 1.29 is 14.3 Å². The van der Waals surface area contributed by atoms with Gasteiger partial charge in [-0.1, -0.05) is 60.7 Å². The molecule has 0 bridgehead atoms. The smallest absolute Gasteiger partial charge is 0.408 e. The third-order valence-corrected chi connectivity index (χ3v) is 3.27. The number of rotatable bonds is 7. The first-order valence-corrected chi connectivity index (χ1v) is 7.24. The van der Waals surface area contributed by atoms with Crippen molar-refractivity contribution >= 4 is 12.4 Å². The summed E-state index contributed by atoms with van der Waals surface area (Å²) in [6.07, 6.45) is 1.44. The highest BCUT2D eigenvalue weighted by molar-refractivity contribution is 5.73. The van der Waals surface area contributed by atoms with Crippen molar-refractivity contribution in [2.24, 2.45) is 0 Å². The van der Waals surface area contributed by atoms with Crippen molar-refractivity contribution in [3.63, 3.8) is 0 Å². The Hall–Kier alpha value is -2.62. The average Bonchev–Trinajstić information content (AvgIpc) is 2.58. The van der Waals surface area contributed by atoms with E-state index in [0.29, 0.717) is 6.42 Å². The largest absolute Gasteiger partial charge is 0.445 e. The predicted octanol–water partition coefficient (Wildman–Crippen LogP) is 3.11. The first-order valence-electron chi connectivity index (χ1n) is 7.24. The number of carbonyl (C=O) groups excluding carboxylic acids is 2. The van der Waals surface area contributed by atoms with Crippen molar-refractivity contribution in [3.8, 4) is 0 Å². The van der Waals surface area contributed by atoms with Crippen LogP contribution < -0.4 is 5.32 Å². The number of nitrogens with one attached hydrogen (secondary N) is 1. The molecule has 4 heteroatoms. The Morgan fingerprint density at radius 1 is 1.00 bits per heavy atom. The van der Waals surface area contributed by atoms with Crippen LogP contribution in [0.2, 0.25) is 0 Å². The Labute approximate surface area is 130 Å².